The summed E-state index contributed by atoms with van der Waals surface area (Å²) in [5.74, 6) is 0.368. The fourth-order valence-corrected chi connectivity index (χ4v) is 4.77. The van der Waals surface area contributed by atoms with Crippen LogP contribution in [0.4, 0.5) is 5.69 Å². The van der Waals surface area contributed by atoms with Crippen molar-refractivity contribution in [2.45, 2.75) is 30.7 Å². The highest BCUT2D eigenvalue weighted by Crippen LogP contribution is 2.34. The van der Waals surface area contributed by atoms with Crippen LogP contribution < -0.4 is 14.8 Å². The van der Waals surface area contributed by atoms with Crippen LogP contribution in [0.5, 0.6) is 5.75 Å². The van der Waals surface area contributed by atoms with Crippen molar-refractivity contribution < 1.29 is 17.9 Å². The maximum absolute atomic E-state index is 12.9. The van der Waals surface area contributed by atoms with Gasteiger partial charge in [0.1, 0.15) is 10.6 Å². The first kappa shape index (κ1) is 20.8. The number of sulfonamides is 1. The fraction of sp³-hybridized carbons (Fsp3) is 0.316. The van der Waals surface area contributed by atoms with Gasteiger partial charge in [-0.15, -0.1) is 0 Å². The first-order valence-corrected chi connectivity index (χ1v) is 10.9. The Morgan fingerprint density at radius 1 is 1.18 bits per heavy atom. The molecule has 0 spiro atoms. The Bertz CT molecular complexity index is 1010. The molecule has 1 aliphatic rings. The second-order valence-electron chi connectivity index (χ2n) is 6.67. The molecule has 28 heavy (non-hydrogen) atoms. The lowest BCUT2D eigenvalue weighted by Gasteiger charge is -2.16. The molecule has 150 valence electrons. The minimum Gasteiger partial charge on any atom is -0.495 e. The molecule has 0 unspecified atom stereocenters. The van der Waals surface area contributed by atoms with Gasteiger partial charge in [-0.3, -0.25) is 9.52 Å². The van der Waals surface area contributed by atoms with Crippen LogP contribution in [0.2, 0.25) is 10.0 Å². The van der Waals surface area contributed by atoms with Crippen LogP contribution in [0.25, 0.3) is 0 Å². The number of carbonyl (C=O) groups excluding carboxylic acids is 1. The van der Waals surface area contributed by atoms with E-state index in [4.69, 9.17) is 27.9 Å². The van der Waals surface area contributed by atoms with Gasteiger partial charge >= 0.3 is 0 Å². The van der Waals surface area contributed by atoms with E-state index in [9.17, 15) is 13.2 Å². The molecule has 1 amide bonds. The number of benzene rings is 2. The quantitative estimate of drug-likeness (QED) is 0.667. The first-order chi connectivity index (χ1) is 13.2. The zero-order chi connectivity index (χ0) is 20.5. The van der Waals surface area contributed by atoms with Gasteiger partial charge in [-0.2, -0.15) is 0 Å². The van der Waals surface area contributed by atoms with Crippen molar-refractivity contribution in [2.75, 3.05) is 11.8 Å². The Hall–Kier alpha value is -1.96. The van der Waals surface area contributed by atoms with Crippen molar-refractivity contribution in [1.29, 1.82) is 0 Å². The molecular formula is C19H20Cl2N2O4S. The summed E-state index contributed by atoms with van der Waals surface area (Å²) in [5, 5.41) is 2.86. The third-order valence-electron chi connectivity index (χ3n) is 4.59. The monoisotopic (exact) mass is 442 g/mol. The summed E-state index contributed by atoms with van der Waals surface area (Å²) in [4.78, 5) is 12.3. The number of ether oxygens (including phenoxy) is 1. The molecule has 1 aliphatic carbocycles. The van der Waals surface area contributed by atoms with Crippen LogP contribution in [0.15, 0.2) is 41.3 Å². The van der Waals surface area contributed by atoms with Gasteiger partial charge in [-0.1, -0.05) is 35.3 Å². The third kappa shape index (κ3) is 4.54. The molecule has 1 saturated carbocycles. The number of hydrogen-bond donors (Lipinski definition) is 2. The molecule has 2 N–H and O–H groups in total. The number of amides is 1. The maximum Gasteiger partial charge on any atom is 0.263 e. The molecule has 0 aliphatic heterocycles. The molecular weight excluding hydrogens is 423 g/mol. The van der Waals surface area contributed by atoms with Crippen molar-refractivity contribution in [1.82, 2.24) is 5.32 Å². The molecule has 9 heteroatoms. The van der Waals surface area contributed by atoms with Crippen LogP contribution in [-0.4, -0.2) is 27.5 Å². The molecule has 6 nitrogen and oxygen atoms in total. The summed E-state index contributed by atoms with van der Waals surface area (Å²) in [6.45, 7) is 1.92. The molecule has 2 aromatic rings. The van der Waals surface area contributed by atoms with E-state index in [0.29, 0.717) is 11.7 Å². The third-order valence-corrected chi connectivity index (χ3v) is 6.74. The van der Waals surface area contributed by atoms with Gasteiger partial charge in [-0.05, 0) is 49.9 Å². The smallest absolute Gasteiger partial charge is 0.263 e. The van der Waals surface area contributed by atoms with Crippen molar-refractivity contribution in [3.63, 3.8) is 0 Å². The van der Waals surface area contributed by atoms with Gasteiger partial charge in [0.15, 0.2) is 0 Å². The number of para-hydroxylation sites is 2. The minimum absolute atomic E-state index is 0.00833. The molecule has 0 bridgehead atoms. The molecule has 0 aromatic heterocycles. The number of carbonyl (C=O) groups is 1. The van der Waals surface area contributed by atoms with Gasteiger partial charge in [0.25, 0.3) is 15.9 Å². The van der Waals surface area contributed by atoms with Crippen molar-refractivity contribution in [3.8, 4) is 5.75 Å². The van der Waals surface area contributed by atoms with Gasteiger partial charge in [-0.25, -0.2) is 8.42 Å². The highest BCUT2D eigenvalue weighted by molar-refractivity contribution is 7.92. The van der Waals surface area contributed by atoms with Gasteiger partial charge in [0.2, 0.25) is 0 Å². The fourth-order valence-electron chi connectivity index (χ4n) is 2.84. The average Bonchev–Trinajstić information content (AvgIpc) is 3.46. The normalized spacial score (nSPS) is 15.0. The predicted octanol–water partition coefficient (Wildman–Crippen LogP) is 4.33. The van der Waals surface area contributed by atoms with Crippen LogP contribution in [-0.2, 0) is 10.0 Å². The lowest BCUT2D eigenvalue weighted by atomic mass is 10.1. The number of rotatable bonds is 7. The summed E-state index contributed by atoms with van der Waals surface area (Å²) in [5.41, 5.74) is 0.309. The predicted molar refractivity (Wildman–Crippen MR) is 110 cm³/mol. The first-order valence-electron chi connectivity index (χ1n) is 8.68. The van der Waals surface area contributed by atoms with Gasteiger partial charge < -0.3 is 10.1 Å². The van der Waals surface area contributed by atoms with E-state index in [1.807, 2.05) is 6.92 Å². The molecule has 0 radical (unpaired) electrons. The largest absolute Gasteiger partial charge is 0.495 e. The number of nitrogens with one attached hydrogen (secondary N) is 2. The zero-order valence-electron chi connectivity index (χ0n) is 15.3. The summed E-state index contributed by atoms with van der Waals surface area (Å²) in [6.07, 6.45) is 2.14. The van der Waals surface area contributed by atoms with Gasteiger partial charge in [0.05, 0.1) is 28.4 Å². The summed E-state index contributed by atoms with van der Waals surface area (Å²) in [7, 11) is -2.65. The number of methoxy groups -OCH3 is 1. The van der Waals surface area contributed by atoms with E-state index in [1.165, 1.54) is 19.2 Å². The van der Waals surface area contributed by atoms with Crippen LogP contribution >= 0.6 is 23.2 Å². The Balaban J connectivity index is 1.93. The zero-order valence-corrected chi connectivity index (χ0v) is 17.7. The second-order valence-corrected chi connectivity index (χ2v) is 9.13. The van der Waals surface area contributed by atoms with Crippen LogP contribution in [0, 0.1) is 5.92 Å². The Labute approximate surface area is 174 Å². The summed E-state index contributed by atoms with van der Waals surface area (Å²) < 4.78 is 33.4. The van der Waals surface area contributed by atoms with Crippen molar-refractivity contribution in [2.24, 2.45) is 5.92 Å². The van der Waals surface area contributed by atoms with E-state index in [1.54, 1.807) is 24.3 Å². The highest BCUT2D eigenvalue weighted by Gasteiger charge is 2.30. The summed E-state index contributed by atoms with van der Waals surface area (Å²) >= 11 is 12.3. The SMILES string of the molecule is COc1ccccc1NS(=O)(=O)c1cc(C(=O)N[C@H](C)C2CC2)c(Cl)cc1Cl. The number of anilines is 1. The lowest BCUT2D eigenvalue weighted by Crippen LogP contribution is -2.34. The number of hydrogen-bond acceptors (Lipinski definition) is 4. The van der Waals surface area contributed by atoms with Crippen molar-refractivity contribution >= 4 is 44.8 Å². The Morgan fingerprint density at radius 2 is 1.86 bits per heavy atom. The molecule has 1 atom stereocenters. The van der Waals surface area contributed by atoms with Gasteiger partial charge in [0, 0.05) is 6.04 Å². The maximum atomic E-state index is 12.9. The van der Waals surface area contributed by atoms with E-state index >= 15 is 0 Å². The van der Waals surface area contributed by atoms with E-state index in [0.717, 1.165) is 12.8 Å². The van der Waals surface area contributed by atoms with Crippen LogP contribution in [0.3, 0.4) is 0 Å². The Kier molecular flexibility index (Phi) is 6.07. The number of halogens is 2. The van der Waals surface area contributed by atoms with E-state index in [-0.39, 0.29) is 32.2 Å². The van der Waals surface area contributed by atoms with E-state index in [2.05, 4.69) is 10.0 Å². The second kappa shape index (κ2) is 8.19. The minimum atomic E-state index is -4.08. The Morgan fingerprint density at radius 3 is 2.50 bits per heavy atom. The lowest BCUT2D eigenvalue weighted by molar-refractivity contribution is 0.0936. The average molecular weight is 443 g/mol. The van der Waals surface area contributed by atoms with Crippen molar-refractivity contribution in [3.05, 3.63) is 52.0 Å². The van der Waals surface area contributed by atoms with E-state index < -0.39 is 15.9 Å². The topological polar surface area (TPSA) is 84.5 Å². The molecule has 0 saturated heterocycles. The molecule has 0 heterocycles. The molecule has 1 fully saturated rings. The highest BCUT2D eigenvalue weighted by atomic mass is 35.5. The summed E-state index contributed by atoms with van der Waals surface area (Å²) in [6, 6.07) is 9.02. The molecule has 3 rings (SSSR count). The standard InChI is InChI=1S/C19H20Cl2N2O4S/c1-11(12-7-8-12)22-19(24)13-9-18(15(21)10-14(13)20)28(25,26)23-16-5-3-4-6-17(16)27-2/h3-6,9-12,23H,7-8H2,1-2H3,(H,22,24)/t11-/m1/s1. The van der Waals surface area contributed by atoms with Crippen LogP contribution in [0.1, 0.15) is 30.1 Å². The molecule has 2 aromatic carbocycles.